The minimum atomic E-state index is -4.20. The van der Waals surface area contributed by atoms with E-state index in [-0.39, 0.29) is 19.6 Å². The van der Waals surface area contributed by atoms with Gasteiger partial charge in [0.25, 0.3) is 0 Å². The molecule has 0 aromatic rings. The highest BCUT2D eigenvalue weighted by Gasteiger charge is 2.26. The van der Waals surface area contributed by atoms with E-state index in [1.165, 1.54) is 7.11 Å². The lowest BCUT2D eigenvalue weighted by Gasteiger charge is -2.13. The predicted octanol–water partition coefficient (Wildman–Crippen LogP) is 1.11. The number of nitrogens with one attached hydrogen (secondary N) is 1. The van der Waals surface area contributed by atoms with Gasteiger partial charge in [0, 0.05) is 6.61 Å². The van der Waals surface area contributed by atoms with Crippen molar-refractivity contribution in [3.63, 3.8) is 0 Å². The van der Waals surface area contributed by atoms with Crippen LogP contribution in [0.15, 0.2) is 0 Å². The number of carbonyl (C=O) groups is 1. The second kappa shape index (κ2) is 7.45. The first-order valence-electron chi connectivity index (χ1n) is 4.80. The molecule has 0 aromatic heterocycles. The number of halogens is 3. The Morgan fingerprint density at radius 3 is 2.44 bits per heavy atom. The lowest BCUT2D eigenvalue weighted by molar-refractivity contribution is -0.148. The summed E-state index contributed by atoms with van der Waals surface area (Å²) in [6, 6.07) is -0.545. The average molecular weight is 243 g/mol. The molecule has 0 aromatic carbocycles. The molecular formula is C9H16F3NO3. The van der Waals surface area contributed by atoms with Gasteiger partial charge in [0.15, 0.2) is 0 Å². The molecule has 96 valence electrons. The Kier molecular flexibility index (Phi) is 7.07. The van der Waals surface area contributed by atoms with Crippen LogP contribution in [0.5, 0.6) is 0 Å². The third kappa shape index (κ3) is 7.47. The first-order chi connectivity index (χ1) is 7.40. The summed E-state index contributed by atoms with van der Waals surface area (Å²) in [4.78, 5) is 11.0. The van der Waals surface area contributed by atoms with Crippen LogP contribution in [-0.2, 0) is 14.3 Å². The maximum absolute atomic E-state index is 11.7. The second-order valence-electron chi connectivity index (χ2n) is 3.13. The Morgan fingerprint density at radius 1 is 1.38 bits per heavy atom. The van der Waals surface area contributed by atoms with Gasteiger partial charge in [-0.1, -0.05) is 0 Å². The molecular weight excluding hydrogens is 227 g/mol. The number of carbonyl (C=O) groups excluding carboxylic acids is 1. The minimum absolute atomic E-state index is 0.0800. The molecule has 0 fully saturated rings. The van der Waals surface area contributed by atoms with Crippen LogP contribution >= 0.6 is 0 Å². The van der Waals surface area contributed by atoms with Crippen LogP contribution in [0.25, 0.3) is 0 Å². The first-order valence-corrected chi connectivity index (χ1v) is 4.80. The molecule has 0 saturated carbocycles. The molecule has 0 aliphatic heterocycles. The summed E-state index contributed by atoms with van der Waals surface area (Å²) < 4.78 is 44.4. The highest BCUT2D eigenvalue weighted by Crippen LogP contribution is 2.18. The number of likely N-dealkylation sites (N-methyl/N-ethyl adjacent to an activating group) is 1. The molecule has 0 rings (SSSR count). The van der Waals surface area contributed by atoms with Gasteiger partial charge in [-0.2, -0.15) is 13.2 Å². The van der Waals surface area contributed by atoms with Gasteiger partial charge in [-0.3, -0.25) is 4.79 Å². The van der Waals surface area contributed by atoms with Gasteiger partial charge < -0.3 is 14.8 Å². The van der Waals surface area contributed by atoms with Gasteiger partial charge in [0.05, 0.1) is 20.1 Å². The van der Waals surface area contributed by atoms with Crippen LogP contribution in [0.2, 0.25) is 0 Å². The zero-order chi connectivity index (χ0) is 12.6. The number of ether oxygens (including phenoxy) is 2. The average Bonchev–Trinajstić information content (AvgIpc) is 2.21. The van der Waals surface area contributed by atoms with Crippen molar-refractivity contribution in [1.29, 1.82) is 0 Å². The molecule has 0 saturated heterocycles. The summed E-state index contributed by atoms with van der Waals surface area (Å²) in [6.07, 6.45) is -4.90. The number of hydrogen-bond acceptors (Lipinski definition) is 4. The van der Waals surface area contributed by atoms with Gasteiger partial charge in [-0.15, -0.1) is 0 Å². The van der Waals surface area contributed by atoms with Crippen molar-refractivity contribution >= 4 is 5.97 Å². The van der Waals surface area contributed by atoms with Gasteiger partial charge in [-0.05, 0) is 13.5 Å². The van der Waals surface area contributed by atoms with Crippen LogP contribution in [-0.4, -0.2) is 45.6 Å². The molecule has 0 heterocycles. The van der Waals surface area contributed by atoms with E-state index in [0.29, 0.717) is 0 Å². The lowest BCUT2D eigenvalue weighted by atomic mass is 10.2. The van der Waals surface area contributed by atoms with Crippen LogP contribution in [0, 0.1) is 0 Å². The molecule has 1 unspecified atom stereocenters. The van der Waals surface area contributed by atoms with Crippen LogP contribution in [0.3, 0.4) is 0 Å². The smallest absolute Gasteiger partial charge is 0.391 e. The van der Waals surface area contributed by atoms with E-state index in [2.05, 4.69) is 10.1 Å². The Morgan fingerprint density at radius 2 is 2.00 bits per heavy atom. The maximum atomic E-state index is 11.7. The van der Waals surface area contributed by atoms with Crippen molar-refractivity contribution in [2.45, 2.75) is 25.1 Å². The fourth-order valence-corrected chi connectivity index (χ4v) is 1.01. The van der Waals surface area contributed by atoms with E-state index in [9.17, 15) is 18.0 Å². The van der Waals surface area contributed by atoms with E-state index in [0.717, 1.165) is 0 Å². The van der Waals surface area contributed by atoms with Gasteiger partial charge in [0.2, 0.25) is 0 Å². The molecule has 0 aliphatic rings. The fourth-order valence-electron chi connectivity index (χ4n) is 1.01. The summed E-state index contributed by atoms with van der Waals surface area (Å²) in [5.41, 5.74) is 0. The maximum Gasteiger partial charge on any atom is 0.391 e. The van der Waals surface area contributed by atoms with Gasteiger partial charge >= 0.3 is 12.1 Å². The topological polar surface area (TPSA) is 47.6 Å². The van der Waals surface area contributed by atoms with Crippen molar-refractivity contribution in [3.05, 3.63) is 0 Å². The van der Waals surface area contributed by atoms with Crippen LogP contribution in [0.1, 0.15) is 12.8 Å². The largest absolute Gasteiger partial charge is 0.468 e. The lowest BCUT2D eigenvalue weighted by Crippen LogP contribution is -2.36. The summed E-state index contributed by atoms with van der Waals surface area (Å²) in [7, 11) is 2.81. The zero-order valence-electron chi connectivity index (χ0n) is 9.26. The molecule has 1 N–H and O–H groups in total. The third-order valence-corrected chi connectivity index (χ3v) is 1.91. The summed E-state index contributed by atoms with van der Waals surface area (Å²) in [5, 5.41) is 2.68. The van der Waals surface area contributed by atoms with E-state index in [4.69, 9.17) is 4.74 Å². The summed E-state index contributed by atoms with van der Waals surface area (Å²) >= 11 is 0. The Bertz CT molecular complexity index is 209. The standard InChI is InChI=1S/C9H16F3NO3/c1-13-7(8(14)15-2)3-5-16-6-4-9(10,11)12/h7,13H,3-6H2,1-2H3. The first kappa shape index (κ1) is 15.2. The van der Waals surface area contributed by atoms with E-state index in [1.807, 2.05) is 0 Å². The molecule has 0 amide bonds. The quantitative estimate of drug-likeness (QED) is 0.537. The molecule has 16 heavy (non-hydrogen) atoms. The van der Waals surface area contributed by atoms with E-state index in [1.54, 1.807) is 7.05 Å². The van der Waals surface area contributed by atoms with Gasteiger partial charge in [-0.25, -0.2) is 0 Å². The Labute approximate surface area is 92.1 Å². The number of esters is 1. The van der Waals surface area contributed by atoms with Crippen LogP contribution < -0.4 is 5.32 Å². The SMILES string of the molecule is CNC(CCOCCC(F)(F)F)C(=O)OC. The number of alkyl halides is 3. The normalized spacial score (nSPS) is 13.6. The van der Waals surface area contributed by atoms with Crippen molar-refractivity contribution < 1.29 is 27.4 Å². The van der Waals surface area contributed by atoms with Crippen molar-refractivity contribution in [2.24, 2.45) is 0 Å². The predicted molar refractivity (Wildman–Crippen MR) is 51.0 cm³/mol. The summed E-state index contributed by atoms with van der Waals surface area (Å²) in [5.74, 6) is -0.457. The Balaban J connectivity index is 3.60. The highest BCUT2D eigenvalue weighted by molar-refractivity contribution is 5.75. The van der Waals surface area contributed by atoms with E-state index >= 15 is 0 Å². The zero-order valence-corrected chi connectivity index (χ0v) is 9.26. The monoisotopic (exact) mass is 243 g/mol. The summed E-state index contributed by atoms with van der Waals surface area (Å²) in [6.45, 7) is -0.308. The number of rotatable bonds is 7. The molecule has 1 atom stereocenters. The minimum Gasteiger partial charge on any atom is -0.468 e. The number of methoxy groups -OCH3 is 1. The Hall–Kier alpha value is -0.820. The molecule has 0 radical (unpaired) electrons. The molecule has 0 spiro atoms. The molecule has 0 bridgehead atoms. The molecule has 0 aliphatic carbocycles. The van der Waals surface area contributed by atoms with Crippen molar-refractivity contribution in [2.75, 3.05) is 27.4 Å². The third-order valence-electron chi connectivity index (χ3n) is 1.91. The van der Waals surface area contributed by atoms with Gasteiger partial charge in [0.1, 0.15) is 6.04 Å². The fraction of sp³-hybridized carbons (Fsp3) is 0.889. The van der Waals surface area contributed by atoms with Crippen molar-refractivity contribution in [3.8, 4) is 0 Å². The highest BCUT2D eigenvalue weighted by atomic mass is 19.4. The molecule has 4 nitrogen and oxygen atoms in total. The second-order valence-corrected chi connectivity index (χ2v) is 3.13. The van der Waals surface area contributed by atoms with E-state index < -0.39 is 24.6 Å². The molecule has 7 heteroatoms. The van der Waals surface area contributed by atoms with Crippen LogP contribution in [0.4, 0.5) is 13.2 Å². The van der Waals surface area contributed by atoms with Crippen molar-refractivity contribution in [1.82, 2.24) is 5.32 Å². The number of hydrogen-bond donors (Lipinski definition) is 1.